The quantitative estimate of drug-likeness (QED) is 0.902. The van der Waals surface area contributed by atoms with Crippen molar-refractivity contribution in [2.75, 3.05) is 26.7 Å². The minimum atomic E-state index is 0.0786. The molecule has 1 aliphatic heterocycles. The highest BCUT2D eigenvalue weighted by molar-refractivity contribution is 5.74. The van der Waals surface area contributed by atoms with E-state index in [1.165, 1.54) is 5.56 Å². The zero-order valence-electron chi connectivity index (χ0n) is 15.7. The van der Waals surface area contributed by atoms with E-state index in [0.29, 0.717) is 5.92 Å². The summed E-state index contributed by atoms with van der Waals surface area (Å²) in [6.45, 7) is 12.1. The largest absolute Gasteiger partial charge is 0.335 e. The molecule has 2 heterocycles. The molecule has 0 spiro atoms. The number of rotatable bonds is 5. The van der Waals surface area contributed by atoms with E-state index in [1.807, 2.05) is 17.2 Å². The number of amides is 2. The molecule has 1 aliphatic rings. The van der Waals surface area contributed by atoms with E-state index in [1.54, 1.807) is 6.20 Å². The van der Waals surface area contributed by atoms with Gasteiger partial charge in [0.15, 0.2) is 0 Å². The number of urea groups is 1. The molecular formula is C19H32N4O. The summed E-state index contributed by atoms with van der Waals surface area (Å²) in [5.41, 5.74) is 1.31. The van der Waals surface area contributed by atoms with Crippen LogP contribution in [0.3, 0.4) is 0 Å². The Balaban J connectivity index is 1.77. The van der Waals surface area contributed by atoms with Crippen molar-refractivity contribution in [3.8, 4) is 0 Å². The molecule has 5 nitrogen and oxygen atoms in total. The van der Waals surface area contributed by atoms with Gasteiger partial charge in [0.05, 0.1) is 0 Å². The fourth-order valence-corrected chi connectivity index (χ4v) is 2.97. The molecule has 1 saturated heterocycles. The number of likely N-dealkylation sites (tertiary alicyclic amines) is 1. The molecular weight excluding hydrogens is 300 g/mol. The molecule has 0 aromatic carbocycles. The molecule has 24 heavy (non-hydrogen) atoms. The predicted molar refractivity (Wildman–Crippen MR) is 97.7 cm³/mol. The van der Waals surface area contributed by atoms with Crippen LogP contribution in [0, 0.1) is 11.3 Å². The third-order valence-corrected chi connectivity index (χ3v) is 4.96. The summed E-state index contributed by atoms with van der Waals surface area (Å²) in [5, 5.41) is 3.14. The Morgan fingerprint density at radius 3 is 2.88 bits per heavy atom. The van der Waals surface area contributed by atoms with Gasteiger partial charge >= 0.3 is 6.03 Å². The van der Waals surface area contributed by atoms with Crippen molar-refractivity contribution in [3.05, 3.63) is 30.1 Å². The molecule has 2 rings (SSSR count). The summed E-state index contributed by atoms with van der Waals surface area (Å²) in [6, 6.07) is 4.32. The van der Waals surface area contributed by atoms with Crippen molar-refractivity contribution in [1.82, 2.24) is 20.1 Å². The first kappa shape index (κ1) is 18.7. The van der Waals surface area contributed by atoms with Crippen molar-refractivity contribution >= 4 is 6.03 Å². The first-order valence-corrected chi connectivity index (χ1v) is 8.88. The monoisotopic (exact) mass is 332 g/mol. The zero-order valence-corrected chi connectivity index (χ0v) is 15.7. The normalized spacial score (nSPS) is 19.6. The lowest BCUT2D eigenvalue weighted by Crippen LogP contribution is -2.47. The third kappa shape index (κ3) is 5.48. The number of nitrogens with one attached hydrogen (secondary N) is 1. The van der Waals surface area contributed by atoms with Crippen LogP contribution in [0.2, 0.25) is 0 Å². The number of pyridine rings is 1. The van der Waals surface area contributed by atoms with Gasteiger partial charge < -0.3 is 15.1 Å². The highest BCUT2D eigenvalue weighted by atomic mass is 16.2. The lowest BCUT2D eigenvalue weighted by molar-refractivity contribution is 0.188. The van der Waals surface area contributed by atoms with Gasteiger partial charge in [-0.15, -0.1) is 0 Å². The summed E-state index contributed by atoms with van der Waals surface area (Å²) >= 11 is 0. The number of aromatic nitrogens is 1. The molecule has 5 heteroatoms. The average Bonchev–Trinajstić information content (AvgIpc) is 2.95. The maximum absolute atomic E-state index is 12.4. The van der Waals surface area contributed by atoms with Gasteiger partial charge in [-0.3, -0.25) is 4.98 Å². The first-order valence-electron chi connectivity index (χ1n) is 8.88. The summed E-state index contributed by atoms with van der Waals surface area (Å²) in [5.74, 6) is 0.544. The van der Waals surface area contributed by atoms with Crippen LogP contribution in [0.4, 0.5) is 4.79 Å². The molecule has 1 N–H and O–H groups in total. The molecule has 0 saturated carbocycles. The highest BCUT2D eigenvalue weighted by Gasteiger charge is 2.29. The fraction of sp³-hybridized carbons (Fsp3) is 0.684. The Bertz CT molecular complexity index is 526. The second-order valence-corrected chi connectivity index (χ2v) is 8.20. The van der Waals surface area contributed by atoms with Gasteiger partial charge in [-0.2, -0.15) is 0 Å². The van der Waals surface area contributed by atoms with Crippen LogP contribution in [0.15, 0.2) is 24.5 Å². The van der Waals surface area contributed by atoms with Crippen molar-refractivity contribution in [3.63, 3.8) is 0 Å². The van der Waals surface area contributed by atoms with Crippen LogP contribution in [-0.2, 0) is 6.54 Å². The van der Waals surface area contributed by atoms with Gasteiger partial charge in [-0.05, 0) is 43.4 Å². The minimum absolute atomic E-state index is 0.0786. The smallest absolute Gasteiger partial charge is 0.317 e. The molecule has 0 aliphatic carbocycles. The molecule has 2 amide bonds. The van der Waals surface area contributed by atoms with E-state index in [2.05, 4.69) is 56.0 Å². The van der Waals surface area contributed by atoms with Crippen molar-refractivity contribution in [1.29, 1.82) is 0 Å². The Morgan fingerprint density at radius 1 is 1.50 bits per heavy atom. The molecule has 0 unspecified atom stereocenters. The van der Waals surface area contributed by atoms with Crippen molar-refractivity contribution in [2.45, 2.75) is 46.7 Å². The third-order valence-electron chi connectivity index (χ3n) is 4.96. The molecule has 134 valence electrons. The Morgan fingerprint density at radius 2 is 2.25 bits per heavy atom. The van der Waals surface area contributed by atoms with Crippen molar-refractivity contribution in [2.24, 2.45) is 11.3 Å². The van der Waals surface area contributed by atoms with E-state index >= 15 is 0 Å². The van der Waals surface area contributed by atoms with Gasteiger partial charge in [0.1, 0.15) is 0 Å². The maximum Gasteiger partial charge on any atom is 0.317 e. The summed E-state index contributed by atoms with van der Waals surface area (Å²) in [6.07, 6.45) is 4.79. The minimum Gasteiger partial charge on any atom is -0.335 e. The second kappa shape index (κ2) is 7.97. The Kier molecular flexibility index (Phi) is 6.21. The standard InChI is InChI=1S/C19H32N4O/c1-15(19(2,3)4)21-18(24)23-10-8-17(14-23)13-22(5)12-16-7-6-9-20-11-16/h6-7,9,11,15,17H,8,10,12-14H2,1-5H3,(H,21,24)/t15-,17-/m0/s1. The SMILES string of the molecule is C[C@H](NC(=O)N1CC[C@@H](CN(C)Cc2cccnc2)C1)C(C)(C)C. The number of hydrogen-bond donors (Lipinski definition) is 1. The molecule has 0 radical (unpaired) electrons. The van der Waals surface area contributed by atoms with Crippen LogP contribution in [-0.4, -0.2) is 53.5 Å². The average molecular weight is 332 g/mol. The van der Waals surface area contributed by atoms with Crippen LogP contribution in [0.25, 0.3) is 0 Å². The number of carbonyl (C=O) groups is 1. The van der Waals surface area contributed by atoms with E-state index in [0.717, 1.165) is 32.6 Å². The summed E-state index contributed by atoms with van der Waals surface area (Å²) in [7, 11) is 2.14. The van der Waals surface area contributed by atoms with Crippen LogP contribution >= 0.6 is 0 Å². The molecule has 1 aromatic heterocycles. The van der Waals surface area contributed by atoms with E-state index < -0.39 is 0 Å². The molecule has 2 atom stereocenters. The number of nitrogens with zero attached hydrogens (tertiary/aromatic N) is 3. The van der Waals surface area contributed by atoms with E-state index in [4.69, 9.17) is 0 Å². The van der Waals surface area contributed by atoms with Crippen LogP contribution < -0.4 is 5.32 Å². The molecule has 1 aromatic rings. The lowest BCUT2D eigenvalue weighted by atomic mass is 9.88. The van der Waals surface area contributed by atoms with Crippen LogP contribution in [0.1, 0.15) is 39.7 Å². The fourth-order valence-electron chi connectivity index (χ4n) is 2.97. The number of carbonyl (C=O) groups excluding carboxylic acids is 1. The zero-order chi connectivity index (χ0) is 17.7. The van der Waals surface area contributed by atoms with E-state index in [9.17, 15) is 4.79 Å². The lowest BCUT2D eigenvalue weighted by Gasteiger charge is -2.30. The Labute approximate surface area is 146 Å². The molecule has 1 fully saturated rings. The van der Waals surface area contributed by atoms with Gasteiger partial charge in [0.2, 0.25) is 0 Å². The summed E-state index contributed by atoms with van der Waals surface area (Å²) in [4.78, 5) is 20.9. The van der Waals surface area contributed by atoms with Gasteiger partial charge in [-0.1, -0.05) is 26.8 Å². The van der Waals surface area contributed by atoms with E-state index in [-0.39, 0.29) is 17.5 Å². The van der Waals surface area contributed by atoms with Crippen LogP contribution in [0.5, 0.6) is 0 Å². The van der Waals surface area contributed by atoms with Gasteiger partial charge in [0.25, 0.3) is 0 Å². The summed E-state index contributed by atoms with van der Waals surface area (Å²) < 4.78 is 0. The first-order chi connectivity index (χ1) is 11.3. The highest BCUT2D eigenvalue weighted by Crippen LogP contribution is 2.21. The Hall–Kier alpha value is -1.62. The van der Waals surface area contributed by atoms with Gasteiger partial charge in [0, 0.05) is 44.6 Å². The van der Waals surface area contributed by atoms with Gasteiger partial charge in [-0.25, -0.2) is 4.79 Å². The van der Waals surface area contributed by atoms with Crippen molar-refractivity contribution < 1.29 is 4.79 Å². The number of hydrogen-bond acceptors (Lipinski definition) is 3. The predicted octanol–water partition coefficient (Wildman–Crippen LogP) is 2.98. The molecule has 0 bridgehead atoms. The topological polar surface area (TPSA) is 48.5 Å². The maximum atomic E-state index is 12.4. The second-order valence-electron chi connectivity index (χ2n) is 8.20.